The van der Waals surface area contributed by atoms with Crippen molar-refractivity contribution in [3.05, 3.63) is 59.9 Å². The molecule has 0 bridgehead atoms. The first kappa shape index (κ1) is 16.2. The number of rotatable bonds is 5. The molecule has 1 atom stereocenters. The molecule has 5 heteroatoms. The molecule has 1 heterocycles. The topological polar surface area (TPSA) is 67.2 Å². The molecule has 0 saturated heterocycles. The molecular weight excluding hydrogens is 302 g/mol. The van der Waals surface area contributed by atoms with Crippen molar-refractivity contribution < 1.29 is 9.90 Å². The van der Waals surface area contributed by atoms with Gasteiger partial charge in [-0.2, -0.15) is 0 Å². The van der Waals surface area contributed by atoms with E-state index >= 15 is 0 Å². The summed E-state index contributed by atoms with van der Waals surface area (Å²) in [6.45, 7) is 3.89. The van der Waals surface area contributed by atoms with E-state index < -0.39 is 0 Å². The van der Waals surface area contributed by atoms with Crippen molar-refractivity contribution in [2.75, 3.05) is 6.61 Å². The predicted octanol–water partition coefficient (Wildman–Crippen LogP) is 2.83. The lowest BCUT2D eigenvalue weighted by Crippen LogP contribution is -2.33. The van der Waals surface area contributed by atoms with Crippen LogP contribution in [0.25, 0.3) is 16.7 Å². The number of benzene rings is 2. The number of para-hydroxylation sites is 1. The molecule has 1 aromatic heterocycles. The summed E-state index contributed by atoms with van der Waals surface area (Å²) in [6.07, 6.45) is 0.537. The molecule has 3 aromatic rings. The van der Waals surface area contributed by atoms with Crippen molar-refractivity contribution in [1.29, 1.82) is 0 Å². The van der Waals surface area contributed by atoms with Crippen molar-refractivity contribution >= 4 is 16.9 Å². The van der Waals surface area contributed by atoms with Crippen LogP contribution in [-0.2, 0) is 0 Å². The Bertz CT molecular complexity index is 856. The summed E-state index contributed by atoms with van der Waals surface area (Å²) in [5.74, 6) is 0.729. The van der Waals surface area contributed by atoms with Gasteiger partial charge in [-0.1, -0.05) is 18.2 Å². The van der Waals surface area contributed by atoms with E-state index in [1.54, 1.807) is 0 Å². The van der Waals surface area contributed by atoms with Gasteiger partial charge < -0.3 is 10.4 Å². The molecule has 1 unspecified atom stereocenters. The van der Waals surface area contributed by atoms with Gasteiger partial charge in [0.1, 0.15) is 5.82 Å². The van der Waals surface area contributed by atoms with E-state index in [1.165, 1.54) is 0 Å². The molecule has 1 amide bonds. The summed E-state index contributed by atoms with van der Waals surface area (Å²) in [5, 5.41) is 11.8. The van der Waals surface area contributed by atoms with Crippen LogP contribution in [0.5, 0.6) is 0 Å². The van der Waals surface area contributed by atoms with Crippen molar-refractivity contribution in [3.63, 3.8) is 0 Å². The summed E-state index contributed by atoms with van der Waals surface area (Å²) < 4.78 is 2.07. The van der Waals surface area contributed by atoms with Crippen LogP contribution in [0.3, 0.4) is 0 Å². The number of nitrogens with zero attached hydrogens (tertiary/aromatic N) is 2. The number of carbonyl (C=O) groups is 1. The normalized spacial score (nSPS) is 12.3. The third-order valence-corrected chi connectivity index (χ3v) is 4.04. The summed E-state index contributed by atoms with van der Waals surface area (Å²) in [7, 11) is 0. The van der Waals surface area contributed by atoms with Crippen LogP contribution in [0, 0.1) is 6.92 Å². The van der Waals surface area contributed by atoms with Crippen LogP contribution in [0.4, 0.5) is 0 Å². The van der Waals surface area contributed by atoms with E-state index in [0.717, 1.165) is 22.5 Å². The van der Waals surface area contributed by atoms with Crippen LogP contribution in [-0.4, -0.2) is 33.2 Å². The number of fused-ring (bicyclic) bond motifs is 1. The SMILES string of the molecule is Cc1nc2cc(C(=O)NC(C)CCO)ccc2n1-c1ccccc1. The first-order valence-corrected chi connectivity index (χ1v) is 8.06. The quantitative estimate of drug-likeness (QED) is 0.759. The highest BCUT2D eigenvalue weighted by molar-refractivity contribution is 5.97. The van der Waals surface area contributed by atoms with Gasteiger partial charge in [0.25, 0.3) is 5.91 Å². The average molecular weight is 323 g/mol. The largest absolute Gasteiger partial charge is 0.396 e. The third kappa shape index (κ3) is 3.16. The molecule has 24 heavy (non-hydrogen) atoms. The zero-order chi connectivity index (χ0) is 17.1. The van der Waals surface area contributed by atoms with Crippen LogP contribution in [0.15, 0.2) is 48.5 Å². The van der Waals surface area contributed by atoms with Gasteiger partial charge in [0.15, 0.2) is 0 Å². The van der Waals surface area contributed by atoms with Gasteiger partial charge in [-0.25, -0.2) is 4.98 Å². The summed E-state index contributed by atoms with van der Waals surface area (Å²) in [5.41, 5.74) is 3.38. The smallest absolute Gasteiger partial charge is 0.251 e. The summed E-state index contributed by atoms with van der Waals surface area (Å²) >= 11 is 0. The highest BCUT2D eigenvalue weighted by Crippen LogP contribution is 2.22. The monoisotopic (exact) mass is 323 g/mol. The van der Waals surface area contributed by atoms with Gasteiger partial charge >= 0.3 is 0 Å². The van der Waals surface area contributed by atoms with E-state index in [-0.39, 0.29) is 18.6 Å². The fraction of sp³-hybridized carbons (Fsp3) is 0.263. The zero-order valence-electron chi connectivity index (χ0n) is 13.9. The van der Waals surface area contributed by atoms with Crippen molar-refractivity contribution in [2.24, 2.45) is 0 Å². The van der Waals surface area contributed by atoms with Crippen LogP contribution >= 0.6 is 0 Å². The van der Waals surface area contributed by atoms with Gasteiger partial charge in [0.05, 0.1) is 11.0 Å². The van der Waals surface area contributed by atoms with Gasteiger partial charge in [-0.05, 0) is 50.6 Å². The molecule has 0 radical (unpaired) electrons. The van der Waals surface area contributed by atoms with Crippen molar-refractivity contribution in [3.8, 4) is 5.69 Å². The highest BCUT2D eigenvalue weighted by Gasteiger charge is 2.14. The third-order valence-electron chi connectivity index (χ3n) is 4.04. The lowest BCUT2D eigenvalue weighted by Gasteiger charge is -2.12. The van der Waals surface area contributed by atoms with Crippen LogP contribution < -0.4 is 5.32 Å². The second kappa shape index (κ2) is 6.84. The standard InChI is InChI=1S/C19H21N3O2/c1-13(10-11-23)20-19(24)15-8-9-18-17(12-15)21-14(2)22(18)16-6-4-3-5-7-16/h3-9,12-13,23H,10-11H2,1-2H3,(H,20,24). The van der Waals surface area contributed by atoms with E-state index in [9.17, 15) is 4.79 Å². The molecule has 0 spiro atoms. The zero-order valence-corrected chi connectivity index (χ0v) is 13.9. The first-order valence-electron chi connectivity index (χ1n) is 8.06. The lowest BCUT2D eigenvalue weighted by atomic mass is 10.1. The molecule has 2 aromatic carbocycles. The molecule has 0 fully saturated rings. The fourth-order valence-electron chi connectivity index (χ4n) is 2.82. The predicted molar refractivity (Wildman–Crippen MR) is 94.4 cm³/mol. The van der Waals surface area contributed by atoms with Gasteiger partial charge in [-0.3, -0.25) is 9.36 Å². The number of aliphatic hydroxyl groups is 1. The summed E-state index contributed by atoms with van der Waals surface area (Å²) in [6, 6.07) is 15.5. The number of amides is 1. The lowest BCUT2D eigenvalue weighted by molar-refractivity contribution is 0.0934. The Morgan fingerprint density at radius 2 is 2.00 bits per heavy atom. The van der Waals surface area contributed by atoms with Crippen molar-refractivity contribution in [1.82, 2.24) is 14.9 Å². The Kier molecular flexibility index (Phi) is 4.62. The minimum atomic E-state index is -0.148. The van der Waals surface area contributed by atoms with Gasteiger partial charge in [-0.15, -0.1) is 0 Å². The highest BCUT2D eigenvalue weighted by atomic mass is 16.3. The van der Waals surface area contributed by atoms with E-state index in [2.05, 4.69) is 14.9 Å². The molecule has 0 aliphatic carbocycles. The number of aliphatic hydroxyl groups excluding tert-OH is 1. The Morgan fingerprint density at radius 3 is 2.71 bits per heavy atom. The molecule has 0 aliphatic heterocycles. The van der Waals surface area contributed by atoms with E-state index in [0.29, 0.717) is 12.0 Å². The second-order valence-corrected chi connectivity index (χ2v) is 5.92. The minimum Gasteiger partial charge on any atom is -0.396 e. The van der Waals surface area contributed by atoms with Gasteiger partial charge in [0.2, 0.25) is 0 Å². The molecule has 2 N–H and O–H groups in total. The van der Waals surface area contributed by atoms with E-state index in [4.69, 9.17) is 5.11 Å². The Labute approximate surface area is 141 Å². The Hall–Kier alpha value is -2.66. The van der Waals surface area contributed by atoms with E-state index in [1.807, 2.05) is 62.4 Å². The Balaban J connectivity index is 1.95. The second-order valence-electron chi connectivity index (χ2n) is 5.92. The number of imidazole rings is 1. The molecule has 5 nitrogen and oxygen atoms in total. The maximum Gasteiger partial charge on any atom is 0.251 e. The summed E-state index contributed by atoms with van der Waals surface area (Å²) in [4.78, 5) is 16.9. The maximum atomic E-state index is 12.3. The molecule has 124 valence electrons. The number of aromatic nitrogens is 2. The molecule has 0 aliphatic rings. The fourth-order valence-corrected chi connectivity index (χ4v) is 2.82. The number of nitrogens with one attached hydrogen (secondary N) is 1. The van der Waals surface area contributed by atoms with Crippen LogP contribution in [0.2, 0.25) is 0 Å². The first-order chi connectivity index (χ1) is 11.6. The van der Waals surface area contributed by atoms with Crippen molar-refractivity contribution in [2.45, 2.75) is 26.3 Å². The maximum absolute atomic E-state index is 12.3. The average Bonchev–Trinajstić information content (AvgIpc) is 2.90. The minimum absolute atomic E-state index is 0.0567. The van der Waals surface area contributed by atoms with Gasteiger partial charge in [0, 0.05) is 23.9 Å². The number of aryl methyl sites for hydroxylation is 1. The number of hydrogen-bond donors (Lipinski definition) is 2. The molecule has 0 saturated carbocycles. The Morgan fingerprint density at radius 1 is 1.25 bits per heavy atom. The number of hydrogen-bond acceptors (Lipinski definition) is 3. The number of carbonyl (C=O) groups excluding carboxylic acids is 1. The molecule has 3 rings (SSSR count). The molecular formula is C19H21N3O2. The van der Waals surface area contributed by atoms with Crippen LogP contribution in [0.1, 0.15) is 29.5 Å².